The summed E-state index contributed by atoms with van der Waals surface area (Å²) < 4.78 is 0. The Hall–Kier alpha value is -1.74. The highest BCUT2D eigenvalue weighted by Gasteiger charge is 2.17. The van der Waals surface area contributed by atoms with E-state index in [0.717, 1.165) is 17.5 Å². The van der Waals surface area contributed by atoms with Crippen LogP contribution in [0.2, 0.25) is 0 Å². The van der Waals surface area contributed by atoms with E-state index in [1.807, 2.05) is 19.1 Å². The van der Waals surface area contributed by atoms with Gasteiger partial charge in [0.25, 0.3) is 0 Å². The van der Waals surface area contributed by atoms with Crippen molar-refractivity contribution < 1.29 is 5.11 Å². The highest BCUT2D eigenvalue weighted by atomic mass is 16.3. The van der Waals surface area contributed by atoms with Gasteiger partial charge in [-0.1, -0.05) is 52.0 Å². The van der Waals surface area contributed by atoms with Gasteiger partial charge in [-0.15, -0.1) is 0 Å². The molecule has 1 aromatic carbocycles. The maximum atomic E-state index is 10.5. The van der Waals surface area contributed by atoms with Crippen molar-refractivity contribution in [1.29, 1.82) is 0 Å². The summed E-state index contributed by atoms with van der Waals surface area (Å²) in [6.07, 6.45) is 3.38. The molecular formula is C17H22N2O. The molecule has 2 rings (SSSR count). The Labute approximate surface area is 120 Å². The molecule has 1 N–H and O–H groups in total. The van der Waals surface area contributed by atoms with Crippen LogP contribution in [0.15, 0.2) is 36.8 Å². The van der Waals surface area contributed by atoms with Gasteiger partial charge in [0.1, 0.15) is 12.4 Å². The molecule has 1 unspecified atom stereocenters. The van der Waals surface area contributed by atoms with Crippen molar-refractivity contribution >= 4 is 0 Å². The zero-order valence-corrected chi connectivity index (χ0v) is 12.6. The van der Waals surface area contributed by atoms with Gasteiger partial charge in [0.15, 0.2) is 0 Å². The van der Waals surface area contributed by atoms with Crippen molar-refractivity contribution in [3.8, 4) is 0 Å². The van der Waals surface area contributed by atoms with E-state index in [2.05, 4.69) is 42.9 Å². The minimum atomic E-state index is -0.693. The monoisotopic (exact) mass is 270 g/mol. The van der Waals surface area contributed by atoms with Crippen molar-refractivity contribution in [2.45, 2.75) is 45.6 Å². The Morgan fingerprint density at radius 1 is 1.15 bits per heavy atom. The van der Waals surface area contributed by atoms with E-state index in [9.17, 15) is 5.11 Å². The summed E-state index contributed by atoms with van der Waals surface area (Å²) in [7, 11) is 0. The number of aromatic nitrogens is 2. The predicted octanol–water partition coefficient (Wildman–Crippen LogP) is 3.42. The van der Waals surface area contributed by atoms with Crippen molar-refractivity contribution in [3.05, 3.63) is 59.2 Å². The molecule has 0 spiro atoms. The lowest BCUT2D eigenvalue weighted by atomic mass is 9.86. The molecule has 1 atom stereocenters. The number of aryl methyl sites for hydroxylation is 1. The van der Waals surface area contributed by atoms with Crippen molar-refractivity contribution in [1.82, 2.24) is 9.97 Å². The lowest BCUT2D eigenvalue weighted by Crippen LogP contribution is -2.12. The second-order valence-corrected chi connectivity index (χ2v) is 6.06. The maximum Gasteiger partial charge on any atom is 0.121 e. The first kappa shape index (κ1) is 14.7. The molecule has 2 aromatic rings. The van der Waals surface area contributed by atoms with Gasteiger partial charge in [0, 0.05) is 6.20 Å². The molecule has 3 nitrogen and oxygen atoms in total. The molecule has 3 heteroatoms. The van der Waals surface area contributed by atoms with E-state index in [4.69, 9.17) is 0 Å². The van der Waals surface area contributed by atoms with Gasteiger partial charge < -0.3 is 5.11 Å². The van der Waals surface area contributed by atoms with Crippen LogP contribution in [0.1, 0.15) is 56.2 Å². The van der Waals surface area contributed by atoms with E-state index in [0.29, 0.717) is 5.69 Å². The molecule has 0 fully saturated rings. The summed E-state index contributed by atoms with van der Waals surface area (Å²) in [5, 5.41) is 10.5. The molecule has 0 saturated carbocycles. The van der Waals surface area contributed by atoms with Gasteiger partial charge in [-0.05, 0) is 28.5 Å². The average molecular weight is 270 g/mol. The van der Waals surface area contributed by atoms with Crippen molar-refractivity contribution in [2.75, 3.05) is 0 Å². The van der Waals surface area contributed by atoms with Crippen LogP contribution in [0.25, 0.3) is 0 Å². The summed E-state index contributed by atoms with van der Waals surface area (Å²) in [4.78, 5) is 8.25. The molecule has 0 saturated heterocycles. The quantitative estimate of drug-likeness (QED) is 0.929. The molecule has 1 aromatic heterocycles. The summed E-state index contributed by atoms with van der Waals surface area (Å²) in [6, 6.07) is 8.11. The molecule has 106 valence electrons. The lowest BCUT2D eigenvalue weighted by molar-refractivity contribution is 0.214. The molecule has 0 aliphatic heterocycles. The highest BCUT2D eigenvalue weighted by Crippen LogP contribution is 2.27. The predicted molar refractivity (Wildman–Crippen MR) is 80.6 cm³/mol. The average Bonchev–Trinajstić information content (AvgIpc) is 2.45. The van der Waals surface area contributed by atoms with Crippen LogP contribution in [-0.4, -0.2) is 15.1 Å². The molecule has 1 heterocycles. The summed E-state index contributed by atoms with van der Waals surface area (Å²) in [5.41, 5.74) is 3.93. The summed E-state index contributed by atoms with van der Waals surface area (Å²) >= 11 is 0. The fourth-order valence-corrected chi connectivity index (χ4v) is 2.21. The minimum Gasteiger partial charge on any atom is -0.382 e. The zero-order valence-electron chi connectivity index (χ0n) is 12.6. The summed E-state index contributed by atoms with van der Waals surface area (Å²) in [5.74, 6) is 0. The standard InChI is InChI=1S/C17H22N2O/c1-5-12-10-18-11-19-15(12)16(20)13-6-8-14(9-7-13)17(2,3)4/h6-11,16,20H,5H2,1-4H3. The van der Waals surface area contributed by atoms with Crippen LogP contribution in [0.5, 0.6) is 0 Å². The zero-order chi connectivity index (χ0) is 14.8. The first-order valence-electron chi connectivity index (χ1n) is 7.00. The van der Waals surface area contributed by atoms with Crippen LogP contribution >= 0.6 is 0 Å². The fourth-order valence-electron chi connectivity index (χ4n) is 2.21. The number of nitrogens with zero attached hydrogens (tertiary/aromatic N) is 2. The molecule has 0 bridgehead atoms. The normalized spacial score (nSPS) is 13.2. The molecule has 0 amide bonds. The van der Waals surface area contributed by atoms with Crippen LogP contribution < -0.4 is 0 Å². The third kappa shape index (κ3) is 3.05. The Kier molecular flexibility index (Phi) is 4.19. The third-order valence-corrected chi connectivity index (χ3v) is 3.56. The van der Waals surface area contributed by atoms with Gasteiger partial charge in [0.2, 0.25) is 0 Å². The van der Waals surface area contributed by atoms with Crippen LogP contribution in [-0.2, 0) is 11.8 Å². The van der Waals surface area contributed by atoms with Gasteiger partial charge in [-0.25, -0.2) is 9.97 Å². The topological polar surface area (TPSA) is 46.0 Å². The molecule has 0 aliphatic rings. The fraction of sp³-hybridized carbons (Fsp3) is 0.412. The number of aliphatic hydroxyl groups is 1. The first-order valence-corrected chi connectivity index (χ1v) is 7.00. The van der Waals surface area contributed by atoms with Crippen LogP contribution in [0.3, 0.4) is 0 Å². The van der Waals surface area contributed by atoms with Crippen molar-refractivity contribution in [3.63, 3.8) is 0 Å². The van der Waals surface area contributed by atoms with Gasteiger partial charge >= 0.3 is 0 Å². The third-order valence-electron chi connectivity index (χ3n) is 3.56. The largest absolute Gasteiger partial charge is 0.382 e. The van der Waals surface area contributed by atoms with Gasteiger partial charge in [-0.3, -0.25) is 0 Å². The SMILES string of the molecule is CCc1cncnc1C(O)c1ccc(C(C)(C)C)cc1. The van der Waals surface area contributed by atoms with E-state index in [-0.39, 0.29) is 5.41 Å². The minimum absolute atomic E-state index is 0.118. The van der Waals surface area contributed by atoms with Crippen LogP contribution in [0.4, 0.5) is 0 Å². The Bertz CT molecular complexity index is 570. The molecular weight excluding hydrogens is 248 g/mol. The van der Waals surface area contributed by atoms with E-state index >= 15 is 0 Å². The maximum absolute atomic E-state index is 10.5. The Balaban J connectivity index is 2.32. The number of hydrogen-bond donors (Lipinski definition) is 1. The number of aliphatic hydroxyl groups excluding tert-OH is 1. The number of benzene rings is 1. The number of rotatable bonds is 3. The Morgan fingerprint density at radius 2 is 1.80 bits per heavy atom. The van der Waals surface area contributed by atoms with E-state index in [1.165, 1.54) is 11.9 Å². The van der Waals surface area contributed by atoms with Gasteiger partial charge in [-0.2, -0.15) is 0 Å². The van der Waals surface area contributed by atoms with Crippen LogP contribution in [0, 0.1) is 0 Å². The van der Waals surface area contributed by atoms with E-state index < -0.39 is 6.10 Å². The smallest absolute Gasteiger partial charge is 0.121 e. The highest BCUT2D eigenvalue weighted by molar-refractivity contribution is 5.33. The molecule has 0 aliphatic carbocycles. The van der Waals surface area contributed by atoms with Gasteiger partial charge in [0.05, 0.1) is 5.69 Å². The lowest BCUT2D eigenvalue weighted by Gasteiger charge is -2.20. The van der Waals surface area contributed by atoms with E-state index in [1.54, 1.807) is 6.20 Å². The Morgan fingerprint density at radius 3 is 2.35 bits per heavy atom. The van der Waals surface area contributed by atoms with Crippen molar-refractivity contribution in [2.24, 2.45) is 0 Å². The second kappa shape index (κ2) is 5.71. The first-order chi connectivity index (χ1) is 9.43. The summed E-state index contributed by atoms with van der Waals surface area (Å²) in [6.45, 7) is 8.58. The number of hydrogen-bond acceptors (Lipinski definition) is 3. The molecule has 0 radical (unpaired) electrons. The second-order valence-electron chi connectivity index (χ2n) is 6.06. The molecule has 20 heavy (non-hydrogen) atoms.